The Balaban J connectivity index is 1.64. The van der Waals surface area contributed by atoms with E-state index in [-0.39, 0.29) is 24.4 Å². The number of hydrogen-bond donors (Lipinski definition) is 1. The molecule has 0 bridgehead atoms. The van der Waals surface area contributed by atoms with Gasteiger partial charge in [0, 0.05) is 28.7 Å². The van der Waals surface area contributed by atoms with Crippen molar-refractivity contribution in [1.82, 2.24) is 5.43 Å². The molecule has 0 unspecified atom stereocenters. The number of halogens is 4. The molecule has 1 atom stereocenters. The lowest BCUT2D eigenvalue weighted by Crippen LogP contribution is -2.30. The zero-order valence-corrected chi connectivity index (χ0v) is 16.0. The molecule has 0 radical (unpaired) electrons. The molecule has 2 aromatic carbocycles. The number of carbonyl (C=O) groups excluding carboxylic acids is 2. The average Bonchev–Trinajstić information content (AvgIpc) is 3.04. The Hall–Kier alpha value is -2.68. The van der Waals surface area contributed by atoms with E-state index in [1.165, 1.54) is 23.1 Å². The molecule has 9 heteroatoms. The topological polar surface area (TPSA) is 61.8 Å². The molecule has 2 aromatic rings. The highest BCUT2D eigenvalue weighted by Crippen LogP contribution is 2.31. The zero-order valence-electron chi connectivity index (χ0n) is 14.4. The Labute approximate surface area is 167 Å². The largest absolute Gasteiger partial charge is 0.417 e. The van der Waals surface area contributed by atoms with E-state index in [1.807, 2.05) is 0 Å². The molecule has 1 aliphatic heterocycles. The maximum Gasteiger partial charge on any atom is 0.417 e. The lowest BCUT2D eigenvalue weighted by molar-refractivity contribution is -0.137. The van der Waals surface area contributed by atoms with E-state index in [4.69, 9.17) is 0 Å². The first-order chi connectivity index (χ1) is 13.3. The van der Waals surface area contributed by atoms with Crippen molar-refractivity contribution >= 4 is 39.6 Å². The maximum atomic E-state index is 13.0. The van der Waals surface area contributed by atoms with E-state index in [2.05, 4.69) is 26.5 Å². The van der Waals surface area contributed by atoms with E-state index in [9.17, 15) is 22.8 Å². The molecule has 0 aromatic heterocycles. The van der Waals surface area contributed by atoms with Crippen molar-refractivity contribution in [2.75, 3.05) is 11.4 Å². The third-order valence-electron chi connectivity index (χ3n) is 4.28. The number of hydrogen-bond acceptors (Lipinski definition) is 3. The SMILES string of the molecule is O=C(N/N=C\c1ccccc1C(F)(F)F)[C@H]1CC(=O)N(c2ccc(Br)cc2)C1. The van der Waals surface area contributed by atoms with Crippen LogP contribution < -0.4 is 10.3 Å². The Morgan fingerprint density at radius 3 is 2.54 bits per heavy atom. The molecule has 2 amide bonds. The number of alkyl halides is 3. The monoisotopic (exact) mass is 453 g/mol. The molecule has 1 N–H and O–H groups in total. The Bertz CT molecular complexity index is 913. The predicted molar refractivity (Wildman–Crippen MR) is 102 cm³/mol. The second-order valence-electron chi connectivity index (χ2n) is 6.20. The highest BCUT2D eigenvalue weighted by molar-refractivity contribution is 9.10. The second-order valence-corrected chi connectivity index (χ2v) is 7.12. The quantitative estimate of drug-likeness (QED) is 0.562. The number of carbonyl (C=O) groups is 2. The van der Waals surface area contributed by atoms with Crippen LogP contribution >= 0.6 is 15.9 Å². The summed E-state index contributed by atoms with van der Waals surface area (Å²) in [5.74, 6) is -1.35. The molecule has 5 nitrogen and oxygen atoms in total. The molecule has 3 rings (SSSR count). The smallest absolute Gasteiger partial charge is 0.312 e. The lowest BCUT2D eigenvalue weighted by atomic mass is 10.1. The Kier molecular flexibility index (Phi) is 5.83. The summed E-state index contributed by atoms with van der Waals surface area (Å²) in [6.07, 6.45) is -3.56. The van der Waals surface area contributed by atoms with E-state index in [0.29, 0.717) is 5.69 Å². The number of hydrazone groups is 1. The highest BCUT2D eigenvalue weighted by Gasteiger charge is 2.35. The number of anilines is 1. The van der Waals surface area contributed by atoms with Crippen LogP contribution in [0.2, 0.25) is 0 Å². The summed E-state index contributed by atoms with van der Waals surface area (Å²) in [7, 11) is 0. The maximum absolute atomic E-state index is 13.0. The summed E-state index contributed by atoms with van der Waals surface area (Å²) in [4.78, 5) is 26.0. The molecule has 1 fully saturated rings. The van der Waals surface area contributed by atoms with Gasteiger partial charge in [0.1, 0.15) is 0 Å². The summed E-state index contributed by atoms with van der Waals surface area (Å²) in [5, 5.41) is 3.63. The van der Waals surface area contributed by atoms with Gasteiger partial charge in [0.2, 0.25) is 11.8 Å². The van der Waals surface area contributed by atoms with Gasteiger partial charge in [0.05, 0.1) is 17.7 Å². The first kappa shape index (κ1) is 20.1. The predicted octanol–water partition coefficient (Wildman–Crippen LogP) is 3.97. The summed E-state index contributed by atoms with van der Waals surface area (Å²) in [6.45, 7) is 0.182. The number of rotatable bonds is 4. The van der Waals surface area contributed by atoms with E-state index >= 15 is 0 Å². The van der Waals surface area contributed by atoms with Crippen LogP contribution in [0.25, 0.3) is 0 Å². The van der Waals surface area contributed by atoms with Gasteiger partial charge in [-0.05, 0) is 30.3 Å². The van der Waals surface area contributed by atoms with Crippen molar-refractivity contribution in [2.45, 2.75) is 12.6 Å². The Morgan fingerprint density at radius 2 is 1.86 bits per heavy atom. The first-order valence-corrected chi connectivity index (χ1v) is 9.10. The fourth-order valence-corrected chi connectivity index (χ4v) is 3.14. The number of benzene rings is 2. The first-order valence-electron chi connectivity index (χ1n) is 8.31. The van der Waals surface area contributed by atoms with Crippen molar-refractivity contribution < 1.29 is 22.8 Å². The van der Waals surface area contributed by atoms with Crippen LogP contribution in [0.15, 0.2) is 58.1 Å². The van der Waals surface area contributed by atoms with Crippen LogP contribution in [0.4, 0.5) is 18.9 Å². The molecule has 1 heterocycles. The van der Waals surface area contributed by atoms with Crippen LogP contribution in [0.1, 0.15) is 17.5 Å². The van der Waals surface area contributed by atoms with Crippen molar-refractivity contribution in [2.24, 2.45) is 11.0 Å². The van der Waals surface area contributed by atoms with Crippen LogP contribution in [0.5, 0.6) is 0 Å². The molecule has 1 saturated heterocycles. The fraction of sp³-hybridized carbons (Fsp3) is 0.211. The third-order valence-corrected chi connectivity index (χ3v) is 4.81. The van der Waals surface area contributed by atoms with Crippen molar-refractivity contribution in [3.05, 3.63) is 64.1 Å². The van der Waals surface area contributed by atoms with Crippen molar-refractivity contribution in [3.8, 4) is 0 Å². The van der Waals surface area contributed by atoms with Gasteiger partial charge in [0.15, 0.2) is 0 Å². The molecule has 1 aliphatic rings. The van der Waals surface area contributed by atoms with Crippen LogP contribution in [0, 0.1) is 5.92 Å². The second kappa shape index (κ2) is 8.14. The molecule has 28 heavy (non-hydrogen) atoms. The van der Waals surface area contributed by atoms with Crippen molar-refractivity contribution in [3.63, 3.8) is 0 Å². The van der Waals surface area contributed by atoms with Gasteiger partial charge in [0.25, 0.3) is 0 Å². The molecule has 0 saturated carbocycles. The highest BCUT2D eigenvalue weighted by atomic mass is 79.9. The number of nitrogens with one attached hydrogen (secondary N) is 1. The van der Waals surface area contributed by atoms with E-state index in [0.717, 1.165) is 16.8 Å². The van der Waals surface area contributed by atoms with Gasteiger partial charge in [-0.2, -0.15) is 18.3 Å². The number of amides is 2. The summed E-state index contributed by atoms with van der Waals surface area (Å²) in [6, 6.07) is 12.0. The van der Waals surface area contributed by atoms with E-state index < -0.39 is 23.6 Å². The van der Waals surface area contributed by atoms with Gasteiger partial charge in [-0.15, -0.1) is 0 Å². The average molecular weight is 454 g/mol. The number of nitrogens with zero attached hydrogens (tertiary/aromatic N) is 2. The van der Waals surface area contributed by atoms with Gasteiger partial charge >= 0.3 is 6.18 Å². The molecule has 146 valence electrons. The standard InChI is InChI=1S/C19H15BrF3N3O2/c20-14-5-7-15(8-6-14)26-11-13(9-17(26)27)18(28)25-24-10-12-3-1-2-4-16(12)19(21,22)23/h1-8,10,13H,9,11H2,(H,25,28)/b24-10-/t13-/m0/s1. The molecule has 0 aliphatic carbocycles. The minimum absolute atomic E-state index is 0.0105. The van der Waals surface area contributed by atoms with Gasteiger partial charge in [-0.1, -0.05) is 34.1 Å². The van der Waals surface area contributed by atoms with Crippen LogP contribution in [-0.4, -0.2) is 24.6 Å². The summed E-state index contributed by atoms with van der Waals surface area (Å²) in [5.41, 5.74) is 1.90. The normalized spacial score (nSPS) is 17.4. The Morgan fingerprint density at radius 1 is 1.18 bits per heavy atom. The van der Waals surface area contributed by atoms with Crippen LogP contribution in [-0.2, 0) is 15.8 Å². The van der Waals surface area contributed by atoms with Gasteiger partial charge in [-0.3, -0.25) is 9.59 Å². The zero-order chi connectivity index (χ0) is 20.3. The minimum atomic E-state index is -4.52. The van der Waals surface area contributed by atoms with Crippen molar-refractivity contribution in [1.29, 1.82) is 0 Å². The van der Waals surface area contributed by atoms with Crippen LogP contribution in [0.3, 0.4) is 0 Å². The van der Waals surface area contributed by atoms with E-state index in [1.54, 1.807) is 24.3 Å². The fourth-order valence-electron chi connectivity index (χ4n) is 2.88. The third kappa shape index (κ3) is 4.59. The minimum Gasteiger partial charge on any atom is -0.312 e. The summed E-state index contributed by atoms with van der Waals surface area (Å²) >= 11 is 3.32. The van der Waals surface area contributed by atoms with Gasteiger partial charge in [-0.25, -0.2) is 5.43 Å². The lowest BCUT2D eigenvalue weighted by Gasteiger charge is -2.16. The molecule has 0 spiro atoms. The van der Waals surface area contributed by atoms with Gasteiger partial charge < -0.3 is 4.90 Å². The molecular formula is C19H15BrF3N3O2. The molecular weight excluding hydrogens is 439 g/mol. The summed E-state index contributed by atoms with van der Waals surface area (Å²) < 4.78 is 39.7.